The van der Waals surface area contributed by atoms with Crippen molar-refractivity contribution in [2.45, 2.75) is 26.7 Å². The number of hydrogen-bond donors (Lipinski definition) is 4. The Morgan fingerprint density at radius 1 is 0.750 bits per heavy atom. The number of rotatable bonds is 12. The van der Waals surface area contributed by atoms with Gasteiger partial charge in [0.1, 0.15) is 0 Å². The van der Waals surface area contributed by atoms with Crippen molar-refractivity contribution >= 4 is 32.0 Å². The van der Waals surface area contributed by atoms with E-state index in [4.69, 9.17) is 10.2 Å². The van der Waals surface area contributed by atoms with E-state index in [1.807, 2.05) is 0 Å². The van der Waals surface area contributed by atoms with E-state index in [0.29, 0.717) is 0 Å². The fraction of sp³-hybridized carbons (Fsp3) is 0.667. The molecule has 0 aliphatic rings. The Labute approximate surface area is 141 Å². The van der Waals surface area contributed by atoms with Crippen molar-refractivity contribution in [3.63, 3.8) is 0 Å². The molecule has 0 amide bonds. The van der Waals surface area contributed by atoms with E-state index < -0.39 is 43.1 Å². The number of carboxylic acids is 2. The number of hydrogen-bond acceptors (Lipinski definition) is 6. The average molecular weight is 386 g/mol. The second-order valence-electron chi connectivity index (χ2n) is 4.66. The predicted octanol–water partition coefficient (Wildman–Crippen LogP) is -0.889. The third-order valence-corrected chi connectivity index (χ3v) is 5.84. The Bertz CT molecular complexity index is 635. The van der Waals surface area contributed by atoms with Gasteiger partial charge in [-0.1, -0.05) is 0 Å². The van der Waals surface area contributed by atoms with Crippen molar-refractivity contribution in [2.75, 3.05) is 24.6 Å². The summed E-state index contributed by atoms with van der Waals surface area (Å²) in [5.74, 6) is -3.38. The summed E-state index contributed by atoms with van der Waals surface area (Å²) < 4.78 is 49.5. The van der Waals surface area contributed by atoms with Crippen LogP contribution in [-0.2, 0) is 29.6 Å². The normalized spacial score (nSPS) is 13.4. The molecule has 0 aromatic heterocycles. The van der Waals surface area contributed by atoms with Crippen LogP contribution in [0.1, 0.15) is 26.7 Å². The molecule has 0 aromatic carbocycles. The fourth-order valence-corrected chi connectivity index (χ4v) is 2.88. The Morgan fingerprint density at radius 2 is 1.04 bits per heavy atom. The van der Waals surface area contributed by atoms with Crippen molar-refractivity contribution in [3.05, 3.63) is 11.1 Å². The van der Waals surface area contributed by atoms with Crippen LogP contribution in [0.25, 0.3) is 0 Å². The van der Waals surface area contributed by atoms with Gasteiger partial charge in [-0.25, -0.2) is 35.9 Å². The molecule has 10 nitrogen and oxygen atoms in total. The molecular weight excluding hydrogens is 364 g/mol. The van der Waals surface area contributed by atoms with Gasteiger partial charge < -0.3 is 10.2 Å². The summed E-state index contributed by atoms with van der Waals surface area (Å²) in [5, 5.41) is 18.3. The first-order valence-corrected chi connectivity index (χ1v) is 10.4. The van der Waals surface area contributed by atoms with Gasteiger partial charge in [-0.3, -0.25) is 0 Å². The van der Waals surface area contributed by atoms with Crippen LogP contribution in [0.4, 0.5) is 0 Å². The van der Waals surface area contributed by atoms with Crippen LogP contribution < -0.4 is 9.44 Å². The maximum absolute atomic E-state index is 11.3. The van der Waals surface area contributed by atoms with Gasteiger partial charge in [0.05, 0.1) is 11.5 Å². The molecule has 0 heterocycles. The second kappa shape index (κ2) is 9.71. The highest BCUT2D eigenvalue weighted by Crippen LogP contribution is 2.13. The van der Waals surface area contributed by atoms with Crippen molar-refractivity contribution in [1.82, 2.24) is 9.44 Å². The largest absolute Gasteiger partial charge is 0.478 e. The van der Waals surface area contributed by atoms with E-state index in [-0.39, 0.29) is 37.4 Å². The summed E-state index contributed by atoms with van der Waals surface area (Å²) in [6.07, 6.45) is -0.673. The van der Waals surface area contributed by atoms with Crippen molar-refractivity contribution in [3.8, 4) is 0 Å². The molecule has 0 aromatic rings. The Hall–Kier alpha value is -1.50. The smallest absolute Gasteiger partial charge is 0.332 e. The number of nitrogens with one attached hydrogen (secondary N) is 2. The maximum Gasteiger partial charge on any atom is 0.332 e. The topological polar surface area (TPSA) is 167 Å². The lowest BCUT2D eigenvalue weighted by Gasteiger charge is -2.10. The van der Waals surface area contributed by atoms with Gasteiger partial charge in [0.15, 0.2) is 0 Å². The zero-order valence-electron chi connectivity index (χ0n) is 13.4. The second-order valence-corrected chi connectivity index (χ2v) is 8.85. The van der Waals surface area contributed by atoms with Crippen molar-refractivity contribution < 1.29 is 36.6 Å². The third kappa shape index (κ3) is 8.38. The van der Waals surface area contributed by atoms with E-state index in [1.165, 1.54) is 13.8 Å². The van der Waals surface area contributed by atoms with Crippen LogP contribution in [0.3, 0.4) is 0 Å². The van der Waals surface area contributed by atoms with Gasteiger partial charge in [0.2, 0.25) is 20.0 Å². The molecule has 0 aliphatic heterocycles. The van der Waals surface area contributed by atoms with Crippen molar-refractivity contribution in [2.24, 2.45) is 0 Å². The summed E-state index contributed by atoms with van der Waals surface area (Å²) in [6.45, 7) is 2.27. The maximum atomic E-state index is 11.3. The molecule has 0 bridgehead atoms. The van der Waals surface area contributed by atoms with Gasteiger partial charge in [-0.2, -0.15) is 0 Å². The summed E-state index contributed by atoms with van der Waals surface area (Å²) in [4.78, 5) is 22.5. The highest BCUT2D eigenvalue weighted by molar-refractivity contribution is 7.89. The SMILES string of the molecule is CCS(=O)(=O)NCCC(C(=O)O)=C(CCNS(=O)(=O)CC)C(=O)O. The lowest BCUT2D eigenvalue weighted by molar-refractivity contribution is -0.136. The minimum absolute atomic E-state index is 0.191. The van der Waals surface area contributed by atoms with Crippen LogP contribution >= 0.6 is 0 Å². The molecule has 12 heteroatoms. The summed E-state index contributed by atoms with van der Waals surface area (Å²) in [5.41, 5.74) is -0.950. The number of carbonyl (C=O) groups is 2. The first kappa shape index (κ1) is 22.5. The van der Waals surface area contributed by atoms with E-state index in [2.05, 4.69) is 9.44 Å². The average Bonchev–Trinajstić information content (AvgIpc) is 2.48. The molecule has 0 radical (unpaired) electrons. The highest BCUT2D eigenvalue weighted by Gasteiger charge is 2.21. The molecule has 4 N–H and O–H groups in total. The standard InChI is InChI=1S/C12H22N2O8S2/c1-3-23(19,20)13-7-5-9(11(15)16)10(12(17)18)6-8-14-24(21,22)4-2/h13-14H,3-8H2,1-2H3,(H,15,16)(H,17,18). The van der Waals surface area contributed by atoms with Gasteiger partial charge in [-0.05, 0) is 26.7 Å². The predicted molar refractivity (Wildman–Crippen MR) is 86.5 cm³/mol. The number of sulfonamides is 2. The van der Waals surface area contributed by atoms with Crippen molar-refractivity contribution in [1.29, 1.82) is 0 Å². The van der Waals surface area contributed by atoms with Gasteiger partial charge in [-0.15, -0.1) is 0 Å². The Balaban J connectivity index is 5.16. The molecule has 0 fully saturated rings. The zero-order valence-corrected chi connectivity index (χ0v) is 15.0. The van der Waals surface area contributed by atoms with E-state index in [0.717, 1.165) is 0 Å². The fourth-order valence-electron chi connectivity index (χ4n) is 1.64. The third-order valence-electron chi connectivity index (χ3n) is 3.03. The van der Waals surface area contributed by atoms with E-state index in [9.17, 15) is 26.4 Å². The molecule has 0 unspecified atom stereocenters. The summed E-state index contributed by atoms with van der Waals surface area (Å²) >= 11 is 0. The quantitative estimate of drug-likeness (QED) is 0.313. The van der Waals surface area contributed by atoms with Gasteiger partial charge in [0.25, 0.3) is 0 Å². The molecule has 0 aliphatic carbocycles. The molecular formula is C12H22N2O8S2. The molecule has 0 atom stereocenters. The van der Waals surface area contributed by atoms with Gasteiger partial charge >= 0.3 is 11.9 Å². The molecule has 0 rings (SSSR count). The lowest BCUT2D eigenvalue weighted by Crippen LogP contribution is -2.29. The van der Waals surface area contributed by atoms with Crippen LogP contribution in [-0.4, -0.2) is 63.6 Å². The Morgan fingerprint density at radius 3 is 1.25 bits per heavy atom. The van der Waals surface area contributed by atoms with Crippen LogP contribution in [0, 0.1) is 0 Å². The number of carboxylic acid groups (broad SMARTS) is 2. The lowest BCUT2D eigenvalue weighted by atomic mass is 10.0. The van der Waals surface area contributed by atoms with Gasteiger partial charge in [0, 0.05) is 24.2 Å². The first-order chi connectivity index (χ1) is 11.0. The van der Waals surface area contributed by atoms with Crippen LogP contribution in [0.15, 0.2) is 11.1 Å². The molecule has 24 heavy (non-hydrogen) atoms. The van der Waals surface area contributed by atoms with E-state index in [1.54, 1.807) is 0 Å². The Kier molecular flexibility index (Phi) is 9.11. The molecule has 0 saturated heterocycles. The molecule has 140 valence electrons. The summed E-state index contributed by atoms with van der Waals surface area (Å²) in [6, 6.07) is 0. The monoisotopic (exact) mass is 386 g/mol. The highest BCUT2D eigenvalue weighted by atomic mass is 32.2. The molecule has 0 saturated carbocycles. The zero-order chi connectivity index (χ0) is 19.0. The van der Waals surface area contributed by atoms with E-state index >= 15 is 0 Å². The van der Waals surface area contributed by atoms with Crippen LogP contribution in [0.2, 0.25) is 0 Å². The summed E-state index contributed by atoms with van der Waals surface area (Å²) in [7, 11) is -7.06. The molecule has 0 spiro atoms. The van der Waals surface area contributed by atoms with Crippen LogP contribution in [0.5, 0.6) is 0 Å². The minimum Gasteiger partial charge on any atom is -0.478 e. The number of aliphatic carboxylic acids is 2. The first-order valence-electron chi connectivity index (χ1n) is 7.09. The minimum atomic E-state index is -3.53.